The van der Waals surface area contributed by atoms with Crippen molar-refractivity contribution in [1.82, 2.24) is 14.6 Å². The Balaban J connectivity index is 1.43. The second-order valence-electron chi connectivity index (χ2n) is 8.09. The van der Waals surface area contributed by atoms with E-state index in [1.807, 2.05) is 0 Å². The molecule has 0 amide bonds. The lowest BCUT2D eigenvalue weighted by Gasteiger charge is -2.14. The molecule has 2 aliphatic carbocycles. The number of hydrogen-bond acceptors (Lipinski definition) is 5. The van der Waals surface area contributed by atoms with Gasteiger partial charge in [0.2, 0.25) is 16.0 Å². The highest BCUT2D eigenvalue weighted by atomic mass is 35.5. The minimum absolute atomic E-state index is 0.00537. The molecule has 5 rings (SSSR count). The number of pyridine rings is 1. The van der Waals surface area contributed by atoms with E-state index in [1.54, 1.807) is 16.7 Å². The Morgan fingerprint density at radius 3 is 2.53 bits per heavy atom. The maximum Gasteiger partial charge on any atom is 0.416 e. The third kappa shape index (κ3) is 4.36. The molecule has 0 radical (unpaired) electrons. The predicted octanol–water partition coefficient (Wildman–Crippen LogP) is 4.76. The Bertz CT molecular complexity index is 1300. The molecule has 0 spiro atoms. The van der Waals surface area contributed by atoms with E-state index in [0.717, 1.165) is 36.1 Å². The van der Waals surface area contributed by atoms with Crippen LogP contribution in [0.25, 0.3) is 5.65 Å². The van der Waals surface area contributed by atoms with Crippen LogP contribution in [-0.4, -0.2) is 28.3 Å². The van der Waals surface area contributed by atoms with Gasteiger partial charge in [-0.3, -0.25) is 9.12 Å². The summed E-state index contributed by atoms with van der Waals surface area (Å²) in [7, 11) is -3.50. The van der Waals surface area contributed by atoms with Crippen LogP contribution >= 0.6 is 11.6 Å². The molecule has 170 valence electrons. The van der Waals surface area contributed by atoms with Gasteiger partial charge >= 0.3 is 6.18 Å². The van der Waals surface area contributed by atoms with Gasteiger partial charge in [0.05, 0.1) is 10.8 Å². The van der Waals surface area contributed by atoms with Crippen molar-refractivity contribution in [2.45, 2.75) is 49.6 Å². The first-order valence-corrected chi connectivity index (χ1v) is 11.9. The van der Waals surface area contributed by atoms with Gasteiger partial charge in [-0.25, -0.2) is 8.42 Å². The van der Waals surface area contributed by atoms with E-state index in [9.17, 15) is 21.6 Å². The number of benzene rings is 1. The van der Waals surface area contributed by atoms with Crippen molar-refractivity contribution in [3.8, 4) is 5.75 Å². The molecule has 0 aliphatic heterocycles. The van der Waals surface area contributed by atoms with Crippen LogP contribution in [0.5, 0.6) is 5.75 Å². The first-order chi connectivity index (χ1) is 15.1. The molecule has 0 saturated heterocycles. The first kappa shape index (κ1) is 21.3. The lowest BCUT2D eigenvalue weighted by molar-refractivity contribution is -0.137. The fourth-order valence-corrected chi connectivity index (χ4v) is 5.05. The summed E-state index contributed by atoms with van der Waals surface area (Å²) < 4.78 is 73.5. The number of ether oxygens (including phenoxy) is 1. The fourth-order valence-electron chi connectivity index (χ4n) is 3.51. The Labute approximate surface area is 186 Å². The minimum Gasteiger partial charge on any atom is -0.489 e. The number of fused-ring (bicyclic) bond motifs is 1. The van der Waals surface area contributed by atoms with Crippen molar-refractivity contribution >= 4 is 33.2 Å². The van der Waals surface area contributed by atoms with E-state index in [0.29, 0.717) is 18.5 Å². The van der Waals surface area contributed by atoms with Crippen LogP contribution in [0.4, 0.5) is 19.1 Å². The largest absolute Gasteiger partial charge is 0.489 e. The molecule has 1 aromatic carbocycles. The van der Waals surface area contributed by atoms with Crippen LogP contribution in [0.1, 0.15) is 48.3 Å². The number of nitrogens with zero attached hydrogens (tertiary/aromatic N) is 3. The number of rotatable bonds is 7. The number of hydrogen-bond donors (Lipinski definition) is 1. The summed E-state index contributed by atoms with van der Waals surface area (Å²) in [6.45, 7) is 0.00989. The molecule has 2 fully saturated rings. The van der Waals surface area contributed by atoms with E-state index in [4.69, 9.17) is 16.3 Å². The highest BCUT2D eigenvalue weighted by molar-refractivity contribution is 7.93. The van der Waals surface area contributed by atoms with E-state index >= 15 is 0 Å². The van der Waals surface area contributed by atoms with Crippen LogP contribution in [0.15, 0.2) is 30.5 Å². The molecular formula is C20H18ClF3N4O3S. The van der Waals surface area contributed by atoms with E-state index in [1.165, 1.54) is 6.07 Å². The minimum atomic E-state index is -4.53. The second-order valence-corrected chi connectivity index (χ2v) is 10.5. The summed E-state index contributed by atoms with van der Waals surface area (Å²) in [6, 6.07) is 4.79. The number of anilines is 1. The number of alkyl halides is 3. The van der Waals surface area contributed by atoms with Gasteiger partial charge in [-0.2, -0.15) is 13.2 Å². The molecular weight excluding hydrogens is 469 g/mol. The molecule has 7 nitrogen and oxygen atoms in total. The smallest absolute Gasteiger partial charge is 0.416 e. The average molecular weight is 487 g/mol. The topological polar surface area (TPSA) is 85.6 Å². The summed E-state index contributed by atoms with van der Waals surface area (Å²) in [6.07, 6.45) is 0.404. The Kier molecular flexibility index (Phi) is 5.01. The number of nitrogens with one attached hydrogen (secondary N) is 1. The van der Waals surface area contributed by atoms with Gasteiger partial charge in [0.15, 0.2) is 5.65 Å². The summed E-state index contributed by atoms with van der Waals surface area (Å²) >= 11 is 5.83. The lowest BCUT2D eigenvalue weighted by Crippen LogP contribution is -2.19. The molecule has 0 unspecified atom stereocenters. The Morgan fingerprint density at radius 1 is 1.12 bits per heavy atom. The van der Waals surface area contributed by atoms with Crippen molar-refractivity contribution in [3.05, 3.63) is 52.2 Å². The van der Waals surface area contributed by atoms with E-state index < -0.39 is 27.0 Å². The standard InChI is InChI=1S/C20H18ClF3N4O3S/c21-14-6-13(20(22,23)24)7-15(8-14)31-10-12-5-18-25-26-19(27-32(29,30)16-3-4-16)28(18)9-17(12)11-1-2-11/h5-9,11,16H,1-4,10H2,(H,26,27). The monoisotopic (exact) mass is 486 g/mol. The van der Waals surface area contributed by atoms with Gasteiger partial charge in [0, 0.05) is 11.2 Å². The second kappa shape index (κ2) is 7.51. The van der Waals surface area contributed by atoms with Gasteiger partial charge in [0.25, 0.3) is 0 Å². The zero-order valence-electron chi connectivity index (χ0n) is 16.6. The molecule has 3 aromatic rings. The van der Waals surface area contributed by atoms with Crippen LogP contribution in [0.3, 0.4) is 0 Å². The highest BCUT2D eigenvalue weighted by Gasteiger charge is 2.37. The van der Waals surface area contributed by atoms with Crippen molar-refractivity contribution < 1.29 is 26.3 Å². The summed E-state index contributed by atoms with van der Waals surface area (Å²) in [5, 5.41) is 7.53. The van der Waals surface area contributed by atoms with Gasteiger partial charge in [0.1, 0.15) is 12.4 Å². The van der Waals surface area contributed by atoms with Crippen molar-refractivity contribution in [3.63, 3.8) is 0 Å². The quantitative estimate of drug-likeness (QED) is 0.520. The predicted molar refractivity (Wildman–Crippen MR) is 111 cm³/mol. The van der Waals surface area contributed by atoms with Gasteiger partial charge in [-0.05, 0) is 67.0 Å². The van der Waals surface area contributed by atoms with Crippen molar-refractivity contribution in [2.75, 3.05) is 4.72 Å². The van der Waals surface area contributed by atoms with Crippen LogP contribution in [-0.2, 0) is 22.8 Å². The SMILES string of the molecule is O=S(=O)(Nc1nnc2cc(COc3cc(Cl)cc(C(F)(F)F)c3)c(C3CC3)cn12)C1CC1. The summed E-state index contributed by atoms with van der Waals surface area (Å²) in [4.78, 5) is 0. The first-order valence-electron chi connectivity index (χ1n) is 10.00. The van der Waals surface area contributed by atoms with E-state index in [-0.39, 0.29) is 29.2 Å². The normalized spacial score (nSPS) is 17.0. The maximum absolute atomic E-state index is 13.1. The molecule has 2 aliphatic rings. The number of sulfonamides is 1. The molecule has 1 N–H and O–H groups in total. The van der Waals surface area contributed by atoms with Crippen molar-refractivity contribution in [2.24, 2.45) is 0 Å². The molecule has 12 heteroatoms. The van der Waals surface area contributed by atoms with Gasteiger partial charge in [-0.1, -0.05) is 11.6 Å². The van der Waals surface area contributed by atoms with Gasteiger partial charge in [-0.15, -0.1) is 10.2 Å². The average Bonchev–Trinajstić information content (AvgIpc) is 3.62. The Morgan fingerprint density at radius 2 is 1.88 bits per heavy atom. The van der Waals surface area contributed by atoms with Gasteiger partial charge < -0.3 is 4.74 Å². The molecule has 0 bridgehead atoms. The molecule has 2 heterocycles. The lowest BCUT2D eigenvalue weighted by atomic mass is 10.1. The van der Waals surface area contributed by atoms with Crippen LogP contribution < -0.4 is 9.46 Å². The number of aromatic nitrogens is 3. The summed E-state index contributed by atoms with van der Waals surface area (Å²) in [5.41, 5.74) is 1.19. The fraction of sp³-hybridized carbons (Fsp3) is 0.400. The zero-order chi connectivity index (χ0) is 22.7. The van der Waals surface area contributed by atoms with Crippen LogP contribution in [0.2, 0.25) is 5.02 Å². The zero-order valence-corrected chi connectivity index (χ0v) is 18.1. The van der Waals surface area contributed by atoms with Crippen molar-refractivity contribution in [1.29, 1.82) is 0 Å². The molecule has 0 atom stereocenters. The molecule has 2 aromatic heterocycles. The van der Waals surface area contributed by atoms with E-state index in [2.05, 4.69) is 14.9 Å². The third-order valence-electron chi connectivity index (χ3n) is 5.47. The highest BCUT2D eigenvalue weighted by Crippen LogP contribution is 2.42. The summed E-state index contributed by atoms with van der Waals surface area (Å²) in [5.74, 6) is 0.384. The Hall–Kier alpha value is -2.53. The molecule has 2 saturated carbocycles. The molecule has 32 heavy (non-hydrogen) atoms. The maximum atomic E-state index is 13.1. The third-order valence-corrected chi connectivity index (χ3v) is 7.51. The number of halogens is 4. The van der Waals surface area contributed by atoms with Crippen LogP contribution in [0, 0.1) is 0 Å².